The Labute approximate surface area is 163 Å². The standard InChI is InChI=1S/C21H25FN4O2/c1-13(2)19-11-17(18-12-24-26(14(3)4)20(18)25-19)21(27)23-9-10-28-16-7-5-15(22)6-8-16/h5-8,11-14H,9-10H2,1-4H3,(H,23,27). The van der Waals surface area contributed by atoms with Crippen LogP contribution in [0.4, 0.5) is 4.39 Å². The van der Waals surface area contributed by atoms with Gasteiger partial charge in [-0.25, -0.2) is 14.1 Å². The van der Waals surface area contributed by atoms with Crippen molar-refractivity contribution in [2.75, 3.05) is 13.2 Å². The summed E-state index contributed by atoms with van der Waals surface area (Å²) in [5, 5.41) is 8.01. The molecule has 0 aliphatic rings. The monoisotopic (exact) mass is 384 g/mol. The summed E-state index contributed by atoms with van der Waals surface area (Å²) in [5.41, 5.74) is 2.12. The summed E-state index contributed by atoms with van der Waals surface area (Å²) in [7, 11) is 0. The minimum absolute atomic E-state index is 0.146. The lowest BCUT2D eigenvalue weighted by molar-refractivity contribution is 0.0948. The zero-order chi connectivity index (χ0) is 20.3. The first-order valence-electron chi connectivity index (χ1n) is 9.41. The maximum Gasteiger partial charge on any atom is 0.252 e. The molecule has 0 unspecified atom stereocenters. The van der Waals surface area contributed by atoms with Crippen LogP contribution in [-0.4, -0.2) is 33.8 Å². The minimum atomic E-state index is -0.315. The highest BCUT2D eigenvalue weighted by Gasteiger charge is 2.18. The Hall–Kier alpha value is -2.96. The number of ether oxygens (including phenoxy) is 1. The molecule has 1 N–H and O–H groups in total. The molecule has 0 radical (unpaired) electrons. The third-order valence-electron chi connectivity index (χ3n) is 4.38. The predicted molar refractivity (Wildman–Crippen MR) is 106 cm³/mol. The quantitative estimate of drug-likeness (QED) is 0.623. The molecule has 1 amide bonds. The van der Waals surface area contributed by atoms with E-state index in [1.165, 1.54) is 12.1 Å². The van der Waals surface area contributed by atoms with Crippen LogP contribution in [0, 0.1) is 5.82 Å². The average Bonchev–Trinajstić information content (AvgIpc) is 3.10. The number of hydrogen-bond donors (Lipinski definition) is 1. The van der Waals surface area contributed by atoms with Crippen molar-refractivity contribution in [1.82, 2.24) is 20.1 Å². The van der Waals surface area contributed by atoms with Gasteiger partial charge in [-0.15, -0.1) is 0 Å². The molecule has 0 atom stereocenters. The molecule has 3 aromatic rings. The van der Waals surface area contributed by atoms with Gasteiger partial charge in [-0.3, -0.25) is 4.79 Å². The molecule has 7 heteroatoms. The van der Waals surface area contributed by atoms with Gasteiger partial charge in [0, 0.05) is 11.7 Å². The van der Waals surface area contributed by atoms with Crippen LogP contribution >= 0.6 is 0 Å². The Bertz CT molecular complexity index is 964. The third-order valence-corrected chi connectivity index (χ3v) is 4.38. The van der Waals surface area contributed by atoms with E-state index in [2.05, 4.69) is 10.4 Å². The first-order valence-corrected chi connectivity index (χ1v) is 9.41. The van der Waals surface area contributed by atoms with Crippen LogP contribution in [0.15, 0.2) is 36.5 Å². The number of hydrogen-bond acceptors (Lipinski definition) is 4. The fourth-order valence-corrected chi connectivity index (χ4v) is 2.86. The highest BCUT2D eigenvalue weighted by atomic mass is 19.1. The van der Waals surface area contributed by atoms with E-state index < -0.39 is 0 Å². The van der Waals surface area contributed by atoms with Gasteiger partial charge >= 0.3 is 0 Å². The Morgan fingerprint density at radius 2 is 1.93 bits per heavy atom. The SMILES string of the molecule is CC(C)c1cc(C(=O)NCCOc2ccc(F)cc2)c2cnn(C(C)C)c2n1. The highest BCUT2D eigenvalue weighted by molar-refractivity contribution is 6.05. The molecular weight excluding hydrogens is 359 g/mol. The van der Waals surface area contributed by atoms with Crippen molar-refractivity contribution in [3.8, 4) is 5.75 Å². The number of halogens is 1. The summed E-state index contributed by atoms with van der Waals surface area (Å²) < 4.78 is 20.3. The number of nitrogens with one attached hydrogen (secondary N) is 1. The highest BCUT2D eigenvalue weighted by Crippen LogP contribution is 2.24. The molecule has 2 heterocycles. The molecule has 0 fully saturated rings. The number of carbonyl (C=O) groups excluding carboxylic acids is 1. The molecule has 1 aromatic carbocycles. The molecule has 3 rings (SSSR count). The summed E-state index contributed by atoms with van der Waals surface area (Å²) in [5.74, 6) is 0.237. The van der Waals surface area contributed by atoms with Crippen molar-refractivity contribution in [2.24, 2.45) is 0 Å². The smallest absolute Gasteiger partial charge is 0.252 e. The molecular formula is C21H25FN4O2. The van der Waals surface area contributed by atoms with Crippen LogP contribution in [0.3, 0.4) is 0 Å². The second-order valence-electron chi connectivity index (χ2n) is 7.23. The van der Waals surface area contributed by atoms with Crippen LogP contribution in [0.5, 0.6) is 5.75 Å². The Balaban J connectivity index is 1.74. The van der Waals surface area contributed by atoms with Gasteiger partial charge in [0.1, 0.15) is 18.2 Å². The van der Waals surface area contributed by atoms with Gasteiger partial charge in [-0.2, -0.15) is 5.10 Å². The van der Waals surface area contributed by atoms with Crippen molar-refractivity contribution in [3.63, 3.8) is 0 Å². The predicted octanol–water partition coefficient (Wildman–Crippen LogP) is 4.08. The van der Waals surface area contributed by atoms with E-state index in [4.69, 9.17) is 9.72 Å². The molecule has 0 saturated carbocycles. The molecule has 6 nitrogen and oxygen atoms in total. The first-order chi connectivity index (χ1) is 13.4. The number of amides is 1. The van der Waals surface area contributed by atoms with Gasteiger partial charge in [0.25, 0.3) is 5.91 Å². The summed E-state index contributed by atoms with van der Waals surface area (Å²) in [6.07, 6.45) is 1.69. The van der Waals surface area contributed by atoms with E-state index >= 15 is 0 Å². The van der Waals surface area contributed by atoms with Crippen molar-refractivity contribution in [1.29, 1.82) is 0 Å². The van der Waals surface area contributed by atoms with E-state index in [0.29, 0.717) is 23.5 Å². The number of carbonyl (C=O) groups is 1. The summed E-state index contributed by atoms with van der Waals surface area (Å²) >= 11 is 0. The maximum absolute atomic E-state index is 12.9. The van der Waals surface area contributed by atoms with Crippen molar-refractivity contribution < 1.29 is 13.9 Å². The number of aromatic nitrogens is 3. The number of pyridine rings is 1. The van der Waals surface area contributed by atoms with Crippen molar-refractivity contribution in [3.05, 3.63) is 53.6 Å². The molecule has 2 aromatic heterocycles. The number of benzene rings is 1. The second kappa shape index (κ2) is 8.37. The summed E-state index contributed by atoms with van der Waals surface area (Å²) in [4.78, 5) is 17.5. The fourth-order valence-electron chi connectivity index (χ4n) is 2.86. The van der Waals surface area contributed by atoms with Crippen LogP contribution < -0.4 is 10.1 Å². The second-order valence-corrected chi connectivity index (χ2v) is 7.23. The molecule has 148 valence electrons. The van der Waals surface area contributed by atoms with Crippen molar-refractivity contribution >= 4 is 16.9 Å². The molecule has 28 heavy (non-hydrogen) atoms. The van der Waals surface area contributed by atoms with E-state index in [-0.39, 0.29) is 30.3 Å². The van der Waals surface area contributed by atoms with E-state index in [0.717, 1.165) is 11.1 Å². The molecule has 0 aliphatic heterocycles. The largest absolute Gasteiger partial charge is 0.492 e. The first kappa shape index (κ1) is 19.8. The molecule has 0 aliphatic carbocycles. The van der Waals surface area contributed by atoms with E-state index in [9.17, 15) is 9.18 Å². The number of rotatable bonds is 7. The Morgan fingerprint density at radius 3 is 2.57 bits per heavy atom. The van der Waals surface area contributed by atoms with Crippen LogP contribution in [0.25, 0.3) is 11.0 Å². The Morgan fingerprint density at radius 1 is 1.21 bits per heavy atom. The maximum atomic E-state index is 12.9. The number of nitrogens with zero attached hydrogens (tertiary/aromatic N) is 3. The zero-order valence-electron chi connectivity index (χ0n) is 16.6. The normalized spacial score (nSPS) is 11.4. The van der Waals surface area contributed by atoms with E-state index in [1.54, 1.807) is 18.3 Å². The fraction of sp³-hybridized carbons (Fsp3) is 0.381. The van der Waals surface area contributed by atoms with Crippen LogP contribution in [-0.2, 0) is 0 Å². The van der Waals surface area contributed by atoms with Crippen LogP contribution in [0.1, 0.15) is 55.7 Å². The van der Waals surface area contributed by atoms with Gasteiger partial charge in [-0.05, 0) is 50.1 Å². The van der Waals surface area contributed by atoms with Crippen molar-refractivity contribution in [2.45, 2.75) is 39.7 Å². The summed E-state index contributed by atoms with van der Waals surface area (Å²) in [6.45, 7) is 8.76. The Kier molecular flexibility index (Phi) is 5.92. The van der Waals surface area contributed by atoms with Crippen LogP contribution in [0.2, 0.25) is 0 Å². The minimum Gasteiger partial charge on any atom is -0.492 e. The third kappa shape index (κ3) is 4.30. The van der Waals surface area contributed by atoms with Gasteiger partial charge in [-0.1, -0.05) is 13.8 Å². The van der Waals surface area contributed by atoms with Gasteiger partial charge in [0.05, 0.1) is 23.7 Å². The molecule has 0 spiro atoms. The molecule has 0 bridgehead atoms. The summed E-state index contributed by atoms with van der Waals surface area (Å²) in [6, 6.07) is 7.75. The van der Waals surface area contributed by atoms with Gasteiger partial charge < -0.3 is 10.1 Å². The lowest BCUT2D eigenvalue weighted by Crippen LogP contribution is -2.28. The van der Waals surface area contributed by atoms with Gasteiger partial charge in [0.15, 0.2) is 5.65 Å². The topological polar surface area (TPSA) is 69.0 Å². The van der Waals surface area contributed by atoms with E-state index in [1.807, 2.05) is 38.4 Å². The lowest BCUT2D eigenvalue weighted by Gasteiger charge is -2.12. The zero-order valence-corrected chi connectivity index (χ0v) is 16.6. The lowest BCUT2D eigenvalue weighted by atomic mass is 10.0. The van der Waals surface area contributed by atoms with Gasteiger partial charge in [0.2, 0.25) is 0 Å². The molecule has 0 saturated heterocycles. The number of fused-ring (bicyclic) bond motifs is 1. The average molecular weight is 384 g/mol.